The van der Waals surface area contributed by atoms with Gasteiger partial charge in [-0.05, 0) is 58.7 Å². The average Bonchev–Trinajstić information content (AvgIpc) is 2.29. The van der Waals surface area contributed by atoms with Crippen LogP contribution in [0.3, 0.4) is 0 Å². The fourth-order valence-corrected chi connectivity index (χ4v) is 3.03. The summed E-state index contributed by atoms with van der Waals surface area (Å²) < 4.78 is 0. The molecule has 0 aromatic rings. The second kappa shape index (κ2) is 8.92. The third kappa shape index (κ3) is 6.19. The molecule has 2 unspecified atom stereocenters. The molecular weight excluding hydrogens is 220 g/mol. The van der Waals surface area contributed by atoms with Gasteiger partial charge in [0.2, 0.25) is 0 Å². The molecule has 18 heavy (non-hydrogen) atoms. The van der Waals surface area contributed by atoms with Crippen LogP contribution >= 0.6 is 0 Å². The lowest BCUT2D eigenvalue weighted by Gasteiger charge is -2.30. The van der Waals surface area contributed by atoms with Crippen molar-refractivity contribution in [2.75, 3.05) is 19.6 Å². The number of nitrogens with one attached hydrogen (secondary N) is 1. The van der Waals surface area contributed by atoms with E-state index in [0.717, 1.165) is 5.92 Å². The van der Waals surface area contributed by atoms with E-state index in [9.17, 15) is 0 Å². The van der Waals surface area contributed by atoms with Gasteiger partial charge in [0.1, 0.15) is 0 Å². The van der Waals surface area contributed by atoms with Crippen LogP contribution in [0.5, 0.6) is 0 Å². The molecule has 0 spiro atoms. The molecule has 2 atom stereocenters. The Morgan fingerprint density at radius 2 is 1.78 bits per heavy atom. The molecular formula is C16H34N2. The monoisotopic (exact) mass is 254 g/mol. The highest BCUT2D eigenvalue weighted by Gasteiger charge is 2.20. The van der Waals surface area contributed by atoms with Gasteiger partial charge in [0.05, 0.1) is 0 Å². The van der Waals surface area contributed by atoms with Crippen LogP contribution in [0.15, 0.2) is 0 Å². The number of hydrogen-bond acceptors (Lipinski definition) is 2. The first-order chi connectivity index (χ1) is 8.65. The maximum Gasteiger partial charge on any atom is 0.00438 e. The van der Waals surface area contributed by atoms with Gasteiger partial charge in [-0.3, -0.25) is 0 Å². The Morgan fingerprint density at radius 1 is 1.11 bits per heavy atom. The highest BCUT2D eigenvalue weighted by atomic mass is 15.1. The van der Waals surface area contributed by atoms with Gasteiger partial charge in [-0.25, -0.2) is 0 Å². The minimum absolute atomic E-state index is 0.677. The van der Waals surface area contributed by atoms with E-state index < -0.39 is 0 Å². The zero-order chi connectivity index (χ0) is 13.4. The van der Waals surface area contributed by atoms with Gasteiger partial charge < -0.3 is 10.2 Å². The van der Waals surface area contributed by atoms with Gasteiger partial charge in [0, 0.05) is 12.1 Å². The molecule has 1 rings (SSSR count). The quantitative estimate of drug-likeness (QED) is 0.640. The Balaban J connectivity index is 2.03. The van der Waals surface area contributed by atoms with Gasteiger partial charge in [-0.1, -0.05) is 33.1 Å². The molecule has 0 aromatic heterocycles. The maximum absolute atomic E-state index is 3.77. The van der Waals surface area contributed by atoms with Crippen molar-refractivity contribution >= 4 is 0 Å². The third-order valence-corrected chi connectivity index (χ3v) is 4.49. The van der Waals surface area contributed by atoms with Crippen molar-refractivity contribution in [2.45, 2.75) is 78.3 Å². The summed E-state index contributed by atoms with van der Waals surface area (Å²) in [5.74, 6) is 1.02. The first-order valence-electron chi connectivity index (χ1n) is 8.14. The highest BCUT2D eigenvalue weighted by molar-refractivity contribution is 4.76. The van der Waals surface area contributed by atoms with E-state index in [1.165, 1.54) is 58.2 Å². The summed E-state index contributed by atoms with van der Waals surface area (Å²) in [4.78, 5) is 2.52. The summed E-state index contributed by atoms with van der Waals surface area (Å²) in [6.07, 6.45) is 8.44. The second-order valence-electron chi connectivity index (χ2n) is 6.17. The van der Waals surface area contributed by atoms with E-state index in [-0.39, 0.29) is 0 Å². The molecule has 2 nitrogen and oxygen atoms in total. The summed E-state index contributed by atoms with van der Waals surface area (Å²) in [6.45, 7) is 12.9. The maximum atomic E-state index is 3.77. The molecule has 108 valence electrons. The second-order valence-corrected chi connectivity index (χ2v) is 6.17. The molecule has 0 bridgehead atoms. The van der Waals surface area contributed by atoms with Crippen molar-refractivity contribution in [1.82, 2.24) is 10.2 Å². The molecule has 0 aliphatic heterocycles. The Hall–Kier alpha value is -0.0800. The molecule has 0 saturated heterocycles. The summed E-state index contributed by atoms with van der Waals surface area (Å²) in [6, 6.07) is 1.38. The molecule has 2 heteroatoms. The van der Waals surface area contributed by atoms with Gasteiger partial charge in [0.25, 0.3) is 0 Å². The molecule has 1 saturated carbocycles. The molecule has 0 amide bonds. The van der Waals surface area contributed by atoms with Crippen LogP contribution in [0.2, 0.25) is 0 Å². The Bertz CT molecular complexity index is 197. The predicted octanol–water partition coefficient (Wildman–Crippen LogP) is 3.67. The highest BCUT2D eigenvalue weighted by Crippen LogP contribution is 2.30. The van der Waals surface area contributed by atoms with E-state index in [4.69, 9.17) is 0 Å². The minimum atomic E-state index is 0.677. The zero-order valence-corrected chi connectivity index (χ0v) is 13.0. The van der Waals surface area contributed by atoms with E-state index in [1.54, 1.807) is 0 Å². The lowest BCUT2D eigenvalue weighted by Crippen LogP contribution is -2.37. The molecule has 0 aromatic carbocycles. The van der Waals surface area contributed by atoms with Crippen LogP contribution in [0.1, 0.15) is 66.2 Å². The van der Waals surface area contributed by atoms with E-state index >= 15 is 0 Å². The average molecular weight is 254 g/mol. The first-order valence-corrected chi connectivity index (χ1v) is 8.14. The van der Waals surface area contributed by atoms with Gasteiger partial charge in [-0.15, -0.1) is 0 Å². The standard InChI is InChI=1S/C16H34N2/c1-5-18(6-2)12-8-9-14(3)17-15(4)13-16-10-7-11-16/h14-17H,5-13H2,1-4H3. The number of rotatable bonds is 10. The van der Waals surface area contributed by atoms with Crippen LogP contribution in [0, 0.1) is 5.92 Å². The van der Waals surface area contributed by atoms with Crippen molar-refractivity contribution < 1.29 is 0 Å². The zero-order valence-electron chi connectivity index (χ0n) is 13.0. The molecule has 1 aliphatic carbocycles. The summed E-state index contributed by atoms with van der Waals surface area (Å²) in [7, 11) is 0. The van der Waals surface area contributed by atoms with Crippen molar-refractivity contribution in [3.63, 3.8) is 0 Å². The molecule has 1 fully saturated rings. The van der Waals surface area contributed by atoms with Crippen molar-refractivity contribution in [1.29, 1.82) is 0 Å². The normalized spacial score (nSPS) is 19.8. The fourth-order valence-electron chi connectivity index (χ4n) is 3.03. The molecule has 1 aliphatic rings. The number of nitrogens with zero attached hydrogens (tertiary/aromatic N) is 1. The Kier molecular flexibility index (Phi) is 7.92. The molecule has 1 N–H and O–H groups in total. The van der Waals surface area contributed by atoms with Crippen LogP contribution in [-0.2, 0) is 0 Å². The van der Waals surface area contributed by atoms with E-state index in [1.807, 2.05) is 0 Å². The largest absolute Gasteiger partial charge is 0.312 e. The third-order valence-electron chi connectivity index (χ3n) is 4.49. The first kappa shape index (κ1) is 16.0. The van der Waals surface area contributed by atoms with Crippen molar-refractivity contribution in [3.05, 3.63) is 0 Å². The summed E-state index contributed by atoms with van der Waals surface area (Å²) in [5.41, 5.74) is 0. The van der Waals surface area contributed by atoms with Gasteiger partial charge >= 0.3 is 0 Å². The van der Waals surface area contributed by atoms with Crippen LogP contribution < -0.4 is 5.32 Å². The topological polar surface area (TPSA) is 15.3 Å². The molecule has 0 radical (unpaired) electrons. The van der Waals surface area contributed by atoms with E-state index in [0.29, 0.717) is 12.1 Å². The Labute approximate surface area is 115 Å². The lowest BCUT2D eigenvalue weighted by molar-refractivity contribution is 0.252. The van der Waals surface area contributed by atoms with Crippen LogP contribution in [0.4, 0.5) is 0 Å². The van der Waals surface area contributed by atoms with Crippen LogP contribution in [0.25, 0.3) is 0 Å². The summed E-state index contributed by atoms with van der Waals surface area (Å²) in [5, 5.41) is 3.77. The fraction of sp³-hybridized carbons (Fsp3) is 1.00. The lowest BCUT2D eigenvalue weighted by atomic mass is 9.81. The minimum Gasteiger partial charge on any atom is -0.312 e. The van der Waals surface area contributed by atoms with Crippen LogP contribution in [-0.4, -0.2) is 36.6 Å². The molecule has 0 heterocycles. The van der Waals surface area contributed by atoms with Gasteiger partial charge in [0.15, 0.2) is 0 Å². The van der Waals surface area contributed by atoms with Gasteiger partial charge in [-0.2, -0.15) is 0 Å². The van der Waals surface area contributed by atoms with Crippen molar-refractivity contribution in [2.24, 2.45) is 5.92 Å². The van der Waals surface area contributed by atoms with E-state index in [2.05, 4.69) is 37.9 Å². The Morgan fingerprint density at radius 3 is 2.28 bits per heavy atom. The van der Waals surface area contributed by atoms with Crippen molar-refractivity contribution in [3.8, 4) is 0 Å². The summed E-state index contributed by atoms with van der Waals surface area (Å²) >= 11 is 0. The predicted molar refractivity (Wildman–Crippen MR) is 81.0 cm³/mol. The smallest absolute Gasteiger partial charge is 0.00438 e. The SMILES string of the molecule is CCN(CC)CCCC(C)NC(C)CC1CCC1. The number of hydrogen-bond donors (Lipinski definition) is 1.